The lowest BCUT2D eigenvalue weighted by atomic mass is 9.98. The Bertz CT molecular complexity index is 447. The molecular weight excluding hydrogens is 255 g/mol. The van der Waals surface area contributed by atoms with Crippen LogP contribution in [0.2, 0.25) is 0 Å². The summed E-state index contributed by atoms with van der Waals surface area (Å²) in [4.78, 5) is 0. The number of alkyl halides is 3. The van der Waals surface area contributed by atoms with Crippen molar-refractivity contribution in [3.8, 4) is 0 Å². The molecule has 1 saturated heterocycles. The molecule has 2 nitrogen and oxygen atoms in total. The van der Waals surface area contributed by atoms with Gasteiger partial charge in [-0.3, -0.25) is 0 Å². The summed E-state index contributed by atoms with van der Waals surface area (Å²) in [5.74, 6) is 0. The van der Waals surface area contributed by atoms with Crippen LogP contribution in [0.15, 0.2) is 24.3 Å². The fourth-order valence-electron chi connectivity index (χ4n) is 2.20. The molecule has 0 bridgehead atoms. The molecule has 1 aromatic carbocycles. The fourth-order valence-corrected chi connectivity index (χ4v) is 2.20. The van der Waals surface area contributed by atoms with Crippen LogP contribution in [0.3, 0.4) is 0 Å². The zero-order valence-corrected chi connectivity index (χ0v) is 11.1. The second-order valence-corrected chi connectivity index (χ2v) is 5.16. The molecule has 1 aliphatic rings. The van der Waals surface area contributed by atoms with E-state index >= 15 is 0 Å². The summed E-state index contributed by atoms with van der Waals surface area (Å²) in [6.07, 6.45) is -3.83. The first-order valence-electron chi connectivity index (χ1n) is 6.40. The molecular formula is C14H18F3NO. The smallest absolute Gasteiger partial charge is 0.365 e. The molecule has 0 amide bonds. The van der Waals surface area contributed by atoms with E-state index in [0.29, 0.717) is 12.1 Å². The van der Waals surface area contributed by atoms with E-state index in [-0.39, 0.29) is 11.7 Å². The second-order valence-electron chi connectivity index (χ2n) is 5.16. The monoisotopic (exact) mass is 273 g/mol. The van der Waals surface area contributed by atoms with E-state index in [1.165, 1.54) is 12.1 Å². The second kappa shape index (κ2) is 5.13. The Labute approximate surface area is 111 Å². The van der Waals surface area contributed by atoms with Gasteiger partial charge in [0, 0.05) is 13.1 Å². The maximum Gasteiger partial charge on any atom is 0.416 e. The molecule has 1 heterocycles. The Kier molecular flexibility index (Phi) is 3.87. The molecule has 1 aromatic rings. The zero-order valence-electron chi connectivity index (χ0n) is 11.1. The molecule has 2 rings (SSSR count). The quantitative estimate of drug-likeness (QED) is 0.890. The van der Waals surface area contributed by atoms with Gasteiger partial charge in [-0.05, 0) is 31.0 Å². The predicted molar refractivity (Wildman–Crippen MR) is 66.8 cm³/mol. The largest absolute Gasteiger partial charge is 0.416 e. The normalized spacial score (nSPS) is 28.4. The van der Waals surface area contributed by atoms with Gasteiger partial charge in [0.15, 0.2) is 0 Å². The van der Waals surface area contributed by atoms with Crippen LogP contribution in [0.25, 0.3) is 0 Å². The number of halogens is 3. The molecule has 1 N–H and O–H groups in total. The van der Waals surface area contributed by atoms with Crippen molar-refractivity contribution >= 4 is 0 Å². The van der Waals surface area contributed by atoms with Gasteiger partial charge in [0.1, 0.15) is 0 Å². The highest BCUT2D eigenvalue weighted by atomic mass is 19.4. The van der Waals surface area contributed by atoms with Crippen molar-refractivity contribution in [2.24, 2.45) is 0 Å². The third-order valence-electron chi connectivity index (χ3n) is 3.59. The minimum absolute atomic E-state index is 0.322. The molecule has 19 heavy (non-hydrogen) atoms. The summed E-state index contributed by atoms with van der Waals surface area (Å²) in [6, 6.07) is 5.37. The number of hydrogen-bond acceptors (Lipinski definition) is 2. The Hall–Kier alpha value is -1.07. The van der Waals surface area contributed by atoms with E-state index in [1.807, 2.05) is 13.8 Å². The number of ether oxygens (including phenoxy) is 1. The predicted octanol–water partition coefficient (Wildman–Crippen LogP) is 3.54. The standard InChI is InChI=1S/C14H18F3NO/c1-3-13(2)9-18-8-12(19-13)10-5-4-6-11(7-10)14(15,16)17/h4-7,12,18H,3,8-9H2,1-2H3. The van der Waals surface area contributed by atoms with Crippen LogP contribution in [0, 0.1) is 0 Å². The topological polar surface area (TPSA) is 21.3 Å². The lowest BCUT2D eigenvalue weighted by Gasteiger charge is -2.39. The highest BCUT2D eigenvalue weighted by molar-refractivity contribution is 5.28. The average molecular weight is 273 g/mol. The van der Waals surface area contributed by atoms with Gasteiger partial charge in [0.05, 0.1) is 17.3 Å². The minimum Gasteiger partial charge on any atom is -0.365 e. The minimum atomic E-state index is -4.31. The third-order valence-corrected chi connectivity index (χ3v) is 3.59. The van der Waals surface area contributed by atoms with Gasteiger partial charge < -0.3 is 10.1 Å². The first kappa shape index (κ1) is 14.3. The summed E-state index contributed by atoms with van der Waals surface area (Å²) in [6.45, 7) is 5.24. The van der Waals surface area contributed by atoms with Crippen molar-refractivity contribution in [1.82, 2.24) is 5.32 Å². The lowest BCUT2D eigenvalue weighted by Crippen LogP contribution is -2.48. The molecule has 1 aliphatic heterocycles. The third kappa shape index (κ3) is 3.28. The maximum absolute atomic E-state index is 12.7. The summed E-state index contributed by atoms with van der Waals surface area (Å²) in [5.41, 5.74) is -0.379. The number of hydrogen-bond donors (Lipinski definition) is 1. The van der Waals surface area contributed by atoms with Gasteiger partial charge >= 0.3 is 6.18 Å². The molecule has 5 heteroatoms. The van der Waals surface area contributed by atoms with E-state index in [0.717, 1.165) is 19.0 Å². The summed E-state index contributed by atoms with van der Waals surface area (Å²) in [5, 5.41) is 3.23. The average Bonchev–Trinajstić information content (AvgIpc) is 2.38. The molecule has 0 aliphatic carbocycles. The molecule has 0 spiro atoms. The van der Waals surface area contributed by atoms with Gasteiger partial charge in [0.25, 0.3) is 0 Å². The van der Waals surface area contributed by atoms with Crippen molar-refractivity contribution in [3.05, 3.63) is 35.4 Å². The van der Waals surface area contributed by atoms with Crippen LogP contribution in [-0.4, -0.2) is 18.7 Å². The first-order valence-corrected chi connectivity index (χ1v) is 6.40. The lowest BCUT2D eigenvalue weighted by molar-refractivity contribution is -0.138. The highest BCUT2D eigenvalue weighted by Gasteiger charge is 2.34. The van der Waals surface area contributed by atoms with Crippen molar-refractivity contribution in [3.63, 3.8) is 0 Å². The fraction of sp³-hybridized carbons (Fsp3) is 0.571. The number of rotatable bonds is 2. The van der Waals surface area contributed by atoms with E-state index in [1.54, 1.807) is 6.07 Å². The van der Waals surface area contributed by atoms with Crippen molar-refractivity contribution < 1.29 is 17.9 Å². The van der Waals surface area contributed by atoms with Crippen molar-refractivity contribution in [1.29, 1.82) is 0 Å². The molecule has 2 atom stereocenters. The van der Waals surface area contributed by atoms with Crippen LogP contribution >= 0.6 is 0 Å². The van der Waals surface area contributed by atoms with Gasteiger partial charge in [0.2, 0.25) is 0 Å². The van der Waals surface area contributed by atoms with E-state index in [9.17, 15) is 13.2 Å². The van der Waals surface area contributed by atoms with Crippen LogP contribution in [0.4, 0.5) is 13.2 Å². The Balaban J connectivity index is 2.22. The first-order chi connectivity index (χ1) is 8.84. The van der Waals surface area contributed by atoms with Gasteiger partial charge in [-0.1, -0.05) is 19.1 Å². The molecule has 0 radical (unpaired) electrons. The van der Waals surface area contributed by atoms with Crippen molar-refractivity contribution in [2.75, 3.05) is 13.1 Å². The summed E-state index contributed by atoms with van der Waals surface area (Å²) in [7, 11) is 0. The number of nitrogens with one attached hydrogen (secondary N) is 1. The summed E-state index contributed by atoms with van der Waals surface area (Å²) < 4.78 is 44.0. The van der Waals surface area contributed by atoms with E-state index in [2.05, 4.69) is 5.32 Å². The van der Waals surface area contributed by atoms with Gasteiger partial charge in [-0.2, -0.15) is 13.2 Å². The SMILES string of the molecule is CCC1(C)CNCC(c2cccc(C(F)(F)F)c2)O1. The number of morpholine rings is 1. The molecule has 0 aromatic heterocycles. The van der Waals surface area contributed by atoms with E-state index < -0.39 is 11.7 Å². The Morgan fingerprint density at radius 2 is 2.16 bits per heavy atom. The maximum atomic E-state index is 12.7. The van der Waals surface area contributed by atoms with Crippen molar-refractivity contribution in [2.45, 2.75) is 38.1 Å². The van der Waals surface area contributed by atoms with Crippen LogP contribution < -0.4 is 5.32 Å². The van der Waals surface area contributed by atoms with Crippen LogP contribution in [0.5, 0.6) is 0 Å². The number of benzene rings is 1. The molecule has 1 fully saturated rings. The van der Waals surface area contributed by atoms with E-state index in [4.69, 9.17) is 4.74 Å². The Morgan fingerprint density at radius 3 is 2.79 bits per heavy atom. The van der Waals surface area contributed by atoms with Gasteiger partial charge in [-0.15, -0.1) is 0 Å². The Morgan fingerprint density at radius 1 is 1.42 bits per heavy atom. The highest BCUT2D eigenvalue weighted by Crippen LogP contribution is 2.34. The zero-order chi connectivity index (χ0) is 14.1. The summed E-state index contributed by atoms with van der Waals surface area (Å²) >= 11 is 0. The van der Waals surface area contributed by atoms with Gasteiger partial charge in [-0.25, -0.2) is 0 Å². The van der Waals surface area contributed by atoms with Crippen LogP contribution in [0.1, 0.15) is 37.5 Å². The molecule has 106 valence electrons. The molecule has 2 unspecified atom stereocenters. The van der Waals surface area contributed by atoms with Crippen LogP contribution in [-0.2, 0) is 10.9 Å². The molecule has 0 saturated carbocycles.